The van der Waals surface area contributed by atoms with Crippen LogP contribution >= 0.6 is 11.3 Å². The lowest BCUT2D eigenvalue weighted by Crippen LogP contribution is -2.16. The van der Waals surface area contributed by atoms with Crippen LogP contribution in [0.3, 0.4) is 0 Å². The van der Waals surface area contributed by atoms with E-state index in [2.05, 4.69) is 121 Å². The Bertz CT molecular complexity index is 1840. The van der Waals surface area contributed by atoms with Crippen LogP contribution in [-0.2, 0) is 5.41 Å². The van der Waals surface area contributed by atoms with E-state index < -0.39 is 0 Å². The van der Waals surface area contributed by atoms with Crippen LogP contribution in [0.4, 0.5) is 17.1 Å². The van der Waals surface area contributed by atoms with Gasteiger partial charge >= 0.3 is 0 Å². The Kier molecular flexibility index (Phi) is 6.12. The van der Waals surface area contributed by atoms with Gasteiger partial charge in [-0.05, 0) is 82.1 Å². The largest absolute Gasteiger partial charge is 0.310 e. The molecule has 0 spiro atoms. The average molecular weight is 520 g/mol. The third-order valence-corrected chi connectivity index (χ3v) is 8.49. The van der Waals surface area contributed by atoms with Crippen molar-refractivity contribution >= 4 is 45.2 Å². The molecule has 0 saturated heterocycles. The van der Waals surface area contributed by atoms with Crippen molar-refractivity contribution < 1.29 is 0 Å². The van der Waals surface area contributed by atoms with E-state index in [1.54, 1.807) is 23.5 Å². The lowest BCUT2D eigenvalue weighted by atomic mass is 9.82. The monoisotopic (exact) mass is 519 g/mol. The summed E-state index contributed by atoms with van der Waals surface area (Å²) in [4.78, 5) is 7.95. The highest BCUT2D eigenvalue weighted by Crippen LogP contribution is 2.54. The molecule has 0 fully saturated rings. The van der Waals surface area contributed by atoms with Gasteiger partial charge in [-0.1, -0.05) is 74.5 Å². The molecule has 5 aromatic rings. The molecular weight excluding hydrogens is 494 g/mol. The van der Waals surface area contributed by atoms with Gasteiger partial charge in [0.25, 0.3) is 5.70 Å². The van der Waals surface area contributed by atoms with E-state index in [1.165, 1.54) is 32.3 Å². The summed E-state index contributed by atoms with van der Waals surface area (Å²) in [5, 5.41) is 11.4. The van der Waals surface area contributed by atoms with Gasteiger partial charge in [0.15, 0.2) is 0 Å². The molecule has 0 bridgehead atoms. The molecule has 1 aliphatic carbocycles. The standard InChI is InChI=1S/C35H25N3S/c1-35(2)32-21-29(18-19-31(32)34-33(35)22-30(39-34)15-9-12-26(23-36)37-3)38(27-13-5-4-6-14-27)28-17-16-24-10-7-8-11-25(24)20-28/h4-22H,1-2H3/b15-9+,26-12-. The Morgan fingerprint density at radius 1 is 0.846 bits per heavy atom. The highest BCUT2D eigenvalue weighted by atomic mass is 32.1. The quantitative estimate of drug-likeness (QED) is 0.131. The highest BCUT2D eigenvalue weighted by Gasteiger charge is 2.37. The second-order valence-electron chi connectivity index (χ2n) is 10.1. The van der Waals surface area contributed by atoms with Crippen LogP contribution in [0.15, 0.2) is 115 Å². The van der Waals surface area contributed by atoms with E-state index in [0.717, 1.165) is 21.9 Å². The Labute approximate surface area is 233 Å². The fourth-order valence-corrected chi connectivity index (χ4v) is 6.63. The van der Waals surface area contributed by atoms with Crippen molar-refractivity contribution in [3.8, 4) is 16.5 Å². The molecule has 6 rings (SSSR count). The SMILES string of the molecule is [C-]#[N+]/C(C#N)=C\C=C\c1cc2c(s1)-c1ccc(N(c3ccccc3)c3ccc4ccccc4c3)cc1C2(C)C. The van der Waals surface area contributed by atoms with Crippen LogP contribution in [0.5, 0.6) is 0 Å². The molecule has 0 amide bonds. The first-order valence-corrected chi connectivity index (χ1v) is 13.6. The average Bonchev–Trinajstić information content (AvgIpc) is 3.48. The molecule has 186 valence electrons. The molecule has 0 N–H and O–H groups in total. The molecular formula is C35H25N3S. The number of para-hydroxylation sites is 1. The van der Waals surface area contributed by atoms with Crippen LogP contribution < -0.4 is 4.90 Å². The number of nitriles is 1. The molecule has 4 heteroatoms. The second-order valence-corrected chi connectivity index (χ2v) is 11.2. The molecule has 3 nitrogen and oxygen atoms in total. The van der Waals surface area contributed by atoms with Crippen LogP contribution in [-0.4, -0.2) is 0 Å². The first-order valence-electron chi connectivity index (χ1n) is 12.8. The summed E-state index contributed by atoms with van der Waals surface area (Å²) in [6.07, 6.45) is 5.33. The summed E-state index contributed by atoms with van der Waals surface area (Å²) < 4.78 is 0. The van der Waals surface area contributed by atoms with Crippen LogP contribution in [0, 0.1) is 17.9 Å². The Hall–Kier alpha value is -4.90. The van der Waals surface area contributed by atoms with Crippen LogP contribution in [0.25, 0.3) is 32.1 Å². The van der Waals surface area contributed by atoms with Gasteiger partial charge in [-0.25, -0.2) is 10.1 Å². The van der Waals surface area contributed by atoms with E-state index in [4.69, 9.17) is 11.8 Å². The zero-order valence-corrected chi connectivity index (χ0v) is 22.5. The number of benzene rings is 4. The van der Waals surface area contributed by atoms with E-state index in [0.29, 0.717) is 0 Å². The molecule has 0 radical (unpaired) electrons. The molecule has 1 aromatic heterocycles. The van der Waals surface area contributed by atoms with Gasteiger partial charge in [0, 0.05) is 32.2 Å². The highest BCUT2D eigenvalue weighted by molar-refractivity contribution is 7.16. The van der Waals surface area contributed by atoms with Crippen molar-refractivity contribution in [3.05, 3.63) is 142 Å². The summed E-state index contributed by atoms with van der Waals surface area (Å²) in [6, 6.07) is 36.6. The fourth-order valence-electron chi connectivity index (χ4n) is 5.36. The minimum absolute atomic E-state index is 0.0861. The zero-order chi connectivity index (χ0) is 27.0. The lowest BCUT2D eigenvalue weighted by molar-refractivity contribution is 0.662. The Morgan fingerprint density at radius 3 is 2.33 bits per heavy atom. The second kappa shape index (κ2) is 9.76. The minimum atomic E-state index is -0.154. The predicted molar refractivity (Wildman–Crippen MR) is 163 cm³/mol. The maximum Gasteiger partial charge on any atom is 0.261 e. The molecule has 1 heterocycles. The molecule has 39 heavy (non-hydrogen) atoms. The predicted octanol–water partition coefficient (Wildman–Crippen LogP) is 10.0. The number of nitrogens with zero attached hydrogens (tertiary/aromatic N) is 3. The van der Waals surface area contributed by atoms with Crippen molar-refractivity contribution in [2.75, 3.05) is 4.90 Å². The third kappa shape index (κ3) is 4.32. The Balaban J connectivity index is 1.43. The summed E-state index contributed by atoms with van der Waals surface area (Å²) in [5.74, 6) is 0. The van der Waals surface area contributed by atoms with Crippen LogP contribution in [0.1, 0.15) is 29.9 Å². The fraction of sp³-hybridized carbons (Fsp3) is 0.0857. The van der Waals surface area contributed by atoms with Crippen LogP contribution in [0.2, 0.25) is 0 Å². The summed E-state index contributed by atoms with van der Waals surface area (Å²) >= 11 is 1.75. The van der Waals surface area contributed by atoms with Crippen molar-refractivity contribution in [2.45, 2.75) is 19.3 Å². The molecule has 0 aliphatic heterocycles. The third-order valence-electron chi connectivity index (χ3n) is 7.36. The number of allylic oxidation sites excluding steroid dienone is 3. The van der Waals surface area contributed by atoms with Gasteiger partial charge in [-0.15, -0.1) is 11.3 Å². The number of fused-ring (bicyclic) bond motifs is 4. The normalized spacial score (nSPS) is 13.6. The number of anilines is 3. The number of thiophene rings is 1. The van der Waals surface area contributed by atoms with E-state index >= 15 is 0 Å². The molecule has 0 atom stereocenters. The first-order chi connectivity index (χ1) is 19.0. The molecule has 0 unspecified atom stereocenters. The minimum Gasteiger partial charge on any atom is -0.310 e. The smallest absolute Gasteiger partial charge is 0.261 e. The van der Waals surface area contributed by atoms with Gasteiger partial charge in [0.05, 0.1) is 12.6 Å². The first kappa shape index (κ1) is 24.4. The maximum atomic E-state index is 8.98. The van der Waals surface area contributed by atoms with E-state index in [9.17, 15) is 0 Å². The number of rotatable bonds is 5. The van der Waals surface area contributed by atoms with Crippen molar-refractivity contribution in [3.63, 3.8) is 0 Å². The topological polar surface area (TPSA) is 31.4 Å². The Morgan fingerprint density at radius 2 is 1.56 bits per heavy atom. The van der Waals surface area contributed by atoms with E-state index in [-0.39, 0.29) is 11.1 Å². The molecule has 1 aliphatic rings. The van der Waals surface area contributed by atoms with Gasteiger partial charge in [0.1, 0.15) is 0 Å². The summed E-state index contributed by atoms with van der Waals surface area (Å²) in [7, 11) is 0. The van der Waals surface area contributed by atoms with Gasteiger partial charge in [0.2, 0.25) is 0 Å². The van der Waals surface area contributed by atoms with Crippen molar-refractivity contribution in [1.82, 2.24) is 0 Å². The molecule has 0 saturated carbocycles. The van der Waals surface area contributed by atoms with Gasteiger partial charge < -0.3 is 4.90 Å². The zero-order valence-electron chi connectivity index (χ0n) is 21.7. The summed E-state index contributed by atoms with van der Waals surface area (Å²) in [5.41, 5.74) is 7.21. The number of hydrogen-bond donors (Lipinski definition) is 0. The summed E-state index contributed by atoms with van der Waals surface area (Å²) in [6.45, 7) is 11.6. The van der Waals surface area contributed by atoms with Crippen molar-refractivity contribution in [2.24, 2.45) is 0 Å². The molecule has 4 aromatic carbocycles. The van der Waals surface area contributed by atoms with Gasteiger partial charge in [-0.2, -0.15) is 0 Å². The lowest BCUT2D eigenvalue weighted by Gasteiger charge is -2.28. The van der Waals surface area contributed by atoms with E-state index in [1.807, 2.05) is 12.1 Å². The maximum absolute atomic E-state index is 8.98. The van der Waals surface area contributed by atoms with Gasteiger partial charge in [-0.3, -0.25) is 0 Å². The number of hydrogen-bond acceptors (Lipinski definition) is 3. The van der Waals surface area contributed by atoms with Crippen molar-refractivity contribution in [1.29, 1.82) is 5.26 Å².